The predicted octanol–water partition coefficient (Wildman–Crippen LogP) is 5.03. The average molecular weight is 348 g/mol. The van der Waals surface area contributed by atoms with Gasteiger partial charge in [-0.05, 0) is 55.8 Å². The van der Waals surface area contributed by atoms with Crippen molar-refractivity contribution in [1.29, 1.82) is 0 Å². The zero-order chi connectivity index (χ0) is 18.4. The minimum Gasteiger partial charge on any atom is -0.423 e. The Labute approximate surface area is 152 Å². The van der Waals surface area contributed by atoms with Crippen LogP contribution in [0.3, 0.4) is 0 Å². The fraction of sp³-hybridized carbons (Fsp3) is 0.136. The maximum atomic E-state index is 12.2. The molecule has 4 nitrogen and oxygen atoms in total. The van der Waals surface area contributed by atoms with Crippen molar-refractivity contribution in [2.75, 3.05) is 0 Å². The first kappa shape index (κ1) is 17.7. The van der Waals surface area contributed by atoms with E-state index in [2.05, 4.69) is 0 Å². The molecule has 0 radical (unpaired) electrons. The van der Waals surface area contributed by atoms with Crippen LogP contribution in [-0.2, 0) is 11.5 Å². The fourth-order valence-electron chi connectivity index (χ4n) is 2.27. The van der Waals surface area contributed by atoms with Crippen molar-refractivity contribution >= 4 is 5.97 Å². The molecule has 0 aliphatic heterocycles. The number of hydrogen-bond acceptors (Lipinski definition) is 4. The molecule has 0 heterocycles. The van der Waals surface area contributed by atoms with Gasteiger partial charge in [0.1, 0.15) is 12.4 Å². The lowest BCUT2D eigenvalue weighted by atomic mass is 10.1. The summed E-state index contributed by atoms with van der Waals surface area (Å²) in [5.41, 5.74) is 3.64. The summed E-state index contributed by atoms with van der Waals surface area (Å²) in [6.07, 6.45) is 0. The van der Waals surface area contributed by atoms with Crippen LogP contribution in [0.4, 0.5) is 0 Å². The Kier molecular flexibility index (Phi) is 5.66. The molecule has 0 aliphatic carbocycles. The molecule has 0 N–H and O–H groups in total. The Morgan fingerprint density at radius 1 is 0.731 bits per heavy atom. The van der Waals surface area contributed by atoms with E-state index in [0.29, 0.717) is 17.1 Å². The molecule has 0 unspecified atom stereocenters. The topological polar surface area (TPSA) is 44.8 Å². The smallest absolute Gasteiger partial charge is 0.343 e. The van der Waals surface area contributed by atoms with Crippen molar-refractivity contribution in [2.24, 2.45) is 0 Å². The monoisotopic (exact) mass is 348 g/mol. The standard InChI is InChI=1S/C22H20O4/c1-16-3-11-20(12-4-16)25-22(23)19-9-7-18(8-10-19)15-24-26-21-13-5-17(2)6-14-21/h3-14H,15H2,1-2H3. The van der Waals surface area contributed by atoms with Crippen LogP contribution in [0.15, 0.2) is 72.8 Å². The molecule has 3 aromatic carbocycles. The lowest BCUT2D eigenvalue weighted by Crippen LogP contribution is -2.08. The van der Waals surface area contributed by atoms with Crippen LogP contribution in [0, 0.1) is 13.8 Å². The molecule has 0 fully saturated rings. The number of carbonyl (C=O) groups is 1. The zero-order valence-corrected chi connectivity index (χ0v) is 14.8. The molecule has 0 atom stereocenters. The van der Waals surface area contributed by atoms with Crippen molar-refractivity contribution < 1.29 is 19.3 Å². The van der Waals surface area contributed by atoms with Gasteiger partial charge in [-0.1, -0.05) is 47.5 Å². The zero-order valence-electron chi connectivity index (χ0n) is 14.8. The summed E-state index contributed by atoms with van der Waals surface area (Å²) >= 11 is 0. The van der Waals surface area contributed by atoms with Gasteiger partial charge >= 0.3 is 5.97 Å². The minimum atomic E-state index is -0.391. The summed E-state index contributed by atoms with van der Waals surface area (Å²) in [7, 11) is 0. The van der Waals surface area contributed by atoms with Crippen LogP contribution >= 0.6 is 0 Å². The van der Waals surface area contributed by atoms with E-state index in [-0.39, 0.29) is 6.61 Å². The van der Waals surface area contributed by atoms with Gasteiger partial charge in [-0.2, -0.15) is 4.89 Å². The molecule has 3 aromatic rings. The first-order valence-electron chi connectivity index (χ1n) is 8.34. The van der Waals surface area contributed by atoms with Gasteiger partial charge in [-0.15, -0.1) is 0 Å². The Hall–Kier alpha value is -3.11. The largest absolute Gasteiger partial charge is 0.423 e. The number of aryl methyl sites for hydroxylation is 2. The predicted molar refractivity (Wildman–Crippen MR) is 99.2 cm³/mol. The van der Waals surface area contributed by atoms with E-state index in [1.54, 1.807) is 24.3 Å². The molecular formula is C22H20O4. The highest BCUT2D eigenvalue weighted by molar-refractivity contribution is 5.91. The Balaban J connectivity index is 1.51. The fourth-order valence-corrected chi connectivity index (χ4v) is 2.27. The lowest BCUT2D eigenvalue weighted by molar-refractivity contribution is -0.217. The van der Waals surface area contributed by atoms with E-state index in [0.717, 1.165) is 16.7 Å². The quantitative estimate of drug-likeness (QED) is 0.271. The highest BCUT2D eigenvalue weighted by Gasteiger charge is 2.08. The second-order valence-electron chi connectivity index (χ2n) is 6.06. The van der Waals surface area contributed by atoms with Crippen molar-refractivity contribution in [3.63, 3.8) is 0 Å². The summed E-state index contributed by atoms with van der Waals surface area (Å²) in [6, 6.07) is 22.0. The van der Waals surface area contributed by atoms with E-state index in [1.165, 1.54) is 0 Å². The Bertz CT molecular complexity index is 850. The van der Waals surface area contributed by atoms with Crippen LogP contribution in [0.25, 0.3) is 0 Å². The number of benzene rings is 3. The van der Waals surface area contributed by atoms with Crippen molar-refractivity contribution in [1.82, 2.24) is 0 Å². The number of ether oxygens (including phenoxy) is 1. The summed E-state index contributed by atoms with van der Waals surface area (Å²) < 4.78 is 5.35. The number of rotatable bonds is 6. The van der Waals surface area contributed by atoms with Gasteiger partial charge in [0.25, 0.3) is 0 Å². The third kappa shape index (κ3) is 4.94. The Morgan fingerprint density at radius 2 is 1.27 bits per heavy atom. The van der Waals surface area contributed by atoms with Gasteiger partial charge in [0.2, 0.25) is 0 Å². The molecule has 0 saturated heterocycles. The van der Waals surface area contributed by atoms with Gasteiger partial charge in [0.05, 0.1) is 5.56 Å². The van der Waals surface area contributed by atoms with E-state index in [4.69, 9.17) is 14.5 Å². The van der Waals surface area contributed by atoms with Gasteiger partial charge in [-0.3, -0.25) is 0 Å². The highest BCUT2D eigenvalue weighted by Crippen LogP contribution is 2.15. The lowest BCUT2D eigenvalue weighted by Gasteiger charge is -2.07. The van der Waals surface area contributed by atoms with Crippen molar-refractivity contribution in [2.45, 2.75) is 20.5 Å². The van der Waals surface area contributed by atoms with Gasteiger partial charge in [-0.25, -0.2) is 4.79 Å². The molecule has 0 spiro atoms. The molecule has 0 aliphatic rings. The van der Waals surface area contributed by atoms with Crippen LogP contribution in [0.1, 0.15) is 27.0 Å². The Morgan fingerprint density at radius 3 is 1.85 bits per heavy atom. The minimum absolute atomic E-state index is 0.279. The first-order chi connectivity index (χ1) is 12.6. The van der Waals surface area contributed by atoms with Gasteiger partial charge in [0, 0.05) is 0 Å². The molecule has 0 saturated carbocycles. The van der Waals surface area contributed by atoms with Crippen LogP contribution in [-0.4, -0.2) is 5.97 Å². The van der Waals surface area contributed by atoms with Gasteiger partial charge < -0.3 is 9.62 Å². The first-order valence-corrected chi connectivity index (χ1v) is 8.34. The molecule has 0 bridgehead atoms. The maximum Gasteiger partial charge on any atom is 0.343 e. The molecule has 132 valence electrons. The van der Waals surface area contributed by atoms with E-state index in [9.17, 15) is 4.79 Å². The number of esters is 1. The summed E-state index contributed by atoms with van der Waals surface area (Å²) in [6.45, 7) is 4.27. The molecule has 4 heteroatoms. The molecular weight excluding hydrogens is 328 g/mol. The summed E-state index contributed by atoms with van der Waals surface area (Å²) in [5, 5.41) is 0. The third-order valence-electron chi connectivity index (χ3n) is 3.82. The van der Waals surface area contributed by atoms with Crippen LogP contribution in [0.5, 0.6) is 11.5 Å². The average Bonchev–Trinajstić information content (AvgIpc) is 2.66. The number of carbonyl (C=O) groups excluding carboxylic acids is 1. The number of hydrogen-bond donors (Lipinski definition) is 0. The van der Waals surface area contributed by atoms with Crippen molar-refractivity contribution in [3.05, 3.63) is 95.1 Å². The van der Waals surface area contributed by atoms with E-state index >= 15 is 0 Å². The second-order valence-corrected chi connectivity index (χ2v) is 6.06. The molecule has 26 heavy (non-hydrogen) atoms. The normalized spacial score (nSPS) is 10.4. The molecule has 3 rings (SSSR count). The van der Waals surface area contributed by atoms with Crippen LogP contribution < -0.4 is 9.62 Å². The third-order valence-corrected chi connectivity index (χ3v) is 3.82. The summed E-state index contributed by atoms with van der Waals surface area (Å²) in [5.74, 6) is 0.783. The molecule has 0 aromatic heterocycles. The SMILES string of the molecule is Cc1ccc(OOCc2ccc(C(=O)Oc3ccc(C)cc3)cc2)cc1. The van der Waals surface area contributed by atoms with Crippen molar-refractivity contribution in [3.8, 4) is 11.5 Å². The second kappa shape index (κ2) is 8.32. The van der Waals surface area contributed by atoms with Crippen LogP contribution in [0.2, 0.25) is 0 Å². The van der Waals surface area contributed by atoms with E-state index in [1.807, 2.05) is 62.4 Å². The van der Waals surface area contributed by atoms with E-state index < -0.39 is 5.97 Å². The highest BCUT2D eigenvalue weighted by atomic mass is 17.2. The molecule has 0 amide bonds. The van der Waals surface area contributed by atoms with Gasteiger partial charge in [0.15, 0.2) is 5.75 Å². The maximum absolute atomic E-state index is 12.2. The summed E-state index contributed by atoms with van der Waals surface area (Å²) in [4.78, 5) is 22.6.